The zero-order chi connectivity index (χ0) is 19.4. The summed E-state index contributed by atoms with van der Waals surface area (Å²) in [7, 11) is 3.18. The molecule has 1 aromatic carbocycles. The first-order valence-electron chi connectivity index (χ1n) is 10.2. The first-order chi connectivity index (χ1) is 13.6. The first-order valence-corrected chi connectivity index (χ1v) is 10.2. The van der Waals surface area contributed by atoms with Gasteiger partial charge in [0, 0.05) is 41.7 Å². The molecule has 2 saturated heterocycles. The van der Waals surface area contributed by atoms with Gasteiger partial charge in [0.2, 0.25) is 0 Å². The molecule has 0 amide bonds. The molecule has 2 fully saturated rings. The van der Waals surface area contributed by atoms with E-state index in [1.54, 1.807) is 7.11 Å². The highest BCUT2D eigenvalue weighted by Crippen LogP contribution is 2.48. The van der Waals surface area contributed by atoms with Gasteiger partial charge in [0.15, 0.2) is 0 Å². The van der Waals surface area contributed by atoms with Crippen molar-refractivity contribution in [2.75, 3.05) is 33.9 Å². The summed E-state index contributed by atoms with van der Waals surface area (Å²) in [6.45, 7) is 4.65. The van der Waals surface area contributed by atoms with Gasteiger partial charge in [-0.3, -0.25) is 9.69 Å². The van der Waals surface area contributed by atoms with Crippen molar-refractivity contribution in [3.05, 3.63) is 29.5 Å². The molecule has 0 bridgehead atoms. The van der Waals surface area contributed by atoms with Crippen LogP contribution in [0.5, 0.6) is 5.75 Å². The van der Waals surface area contributed by atoms with Crippen LogP contribution in [0.3, 0.4) is 0 Å². The third kappa shape index (κ3) is 2.65. The SMILES string of the molecule is COC(=O)C1COC(C)C2CN3CCc4c([nH]c5cc(OC)ccc45)C3CC12. The number of ether oxygens (including phenoxy) is 3. The molecule has 0 aliphatic carbocycles. The van der Waals surface area contributed by atoms with Gasteiger partial charge in [-0.15, -0.1) is 0 Å². The number of nitrogens with zero attached hydrogens (tertiary/aromatic N) is 1. The Balaban J connectivity index is 1.52. The second kappa shape index (κ2) is 6.78. The van der Waals surface area contributed by atoms with Crippen LogP contribution in [-0.4, -0.2) is 55.9 Å². The molecule has 28 heavy (non-hydrogen) atoms. The summed E-state index contributed by atoms with van der Waals surface area (Å²) < 4.78 is 16.5. The molecule has 1 aromatic heterocycles. The molecular formula is C22H28N2O4. The van der Waals surface area contributed by atoms with E-state index >= 15 is 0 Å². The summed E-state index contributed by atoms with van der Waals surface area (Å²) in [6, 6.07) is 6.60. The molecule has 0 saturated carbocycles. The fourth-order valence-corrected chi connectivity index (χ4v) is 5.71. The number of piperidine rings is 1. The highest BCUT2D eigenvalue weighted by atomic mass is 16.5. The average molecular weight is 384 g/mol. The van der Waals surface area contributed by atoms with Crippen LogP contribution < -0.4 is 4.74 Å². The lowest BCUT2D eigenvalue weighted by molar-refractivity contribution is -0.169. The molecule has 3 aliphatic heterocycles. The van der Waals surface area contributed by atoms with Crippen LogP contribution in [0.25, 0.3) is 10.9 Å². The molecule has 0 spiro atoms. The van der Waals surface area contributed by atoms with E-state index < -0.39 is 0 Å². The normalized spacial score (nSPS) is 32.3. The third-order valence-corrected chi connectivity index (χ3v) is 7.22. The van der Waals surface area contributed by atoms with Gasteiger partial charge < -0.3 is 19.2 Å². The number of aromatic amines is 1. The standard InChI is InChI=1S/C22H28N2O4/c1-12-17-10-24-7-6-15-14-5-4-13(26-2)8-19(14)23-21(15)20(24)9-16(17)18(11-28-12)22(25)27-3/h4-5,8,12,16-18,20,23H,6-7,9-11H2,1-3H3. The fourth-order valence-electron chi connectivity index (χ4n) is 5.71. The summed E-state index contributed by atoms with van der Waals surface area (Å²) in [5, 5.41) is 1.29. The van der Waals surface area contributed by atoms with Gasteiger partial charge >= 0.3 is 5.97 Å². The number of carbonyl (C=O) groups excluding carboxylic acids is 1. The molecule has 0 radical (unpaired) electrons. The molecular weight excluding hydrogens is 356 g/mol. The number of esters is 1. The van der Waals surface area contributed by atoms with Crippen molar-refractivity contribution < 1.29 is 19.0 Å². The van der Waals surface area contributed by atoms with Crippen molar-refractivity contribution >= 4 is 16.9 Å². The first kappa shape index (κ1) is 18.0. The molecule has 1 N–H and O–H groups in total. The minimum absolute atomic E-state index is 0.132. The smallest absolute Gasteiger partial charge is 0.311 e. The maximum absolute atomic E-state index is 12.4. The molecule has 5 rings (SSSR count). The molecule has 2 aromatic rings. The monoisotopic (exact) mass is 384 g/mol. The number of hydrogen-bond acceptors (Lipinski definition) is 5. The van der Waals surface area contributed by atoms with Crippen molar-refractivity contribution in [2.45, 2.75) is 31.9 Å². The van der Waals surface area contributed by atoms with Crippen LogP contribution in [0, 0.1) is 17.8 Å². The predicted molar refractivity (Wildman–Crippen MR) is 105 cm³/mol. The molecule has 3 aliphatic rings. The molecule has 150 valence electrons. The maximum atomic E-state index is 12.4. The zero-order valence-corrected chi connectivity index (χ0v) is 16.7. The lowest BCUT2D eigenvalue weighted by atomic mass is 9.69. The second-order valence-corrected chi connectivity index (χ2v) is 8.42. The van der Waals surface area contributed by atoms with E-state index in [2.05, 4.69) is 28.9 Å². The molecule has 5 atom stereocenters. The number of methoxy groups -OCH3 is 2. The largest absolute Gasteiger partial charge is 0.497 e. The minimum Gasteiger partial charge on any atom is -0.497 e. The summed E-state index contributed by atoms with van der Waals surface area (Å²) in [5.74, 6) is 1.25. The summed E-state index contributed by atoms with van der Waals surface area (Å²) >= 11 is 0. The highest BCUT2D eigenvalue weighted by Gasteiger charge is 2.49. The Morgan fingerprint density at radius 3 is 2.93 bits per heavy atom. The number of nitrogens with one attached hydrogen (secondary N) is 1. The minimum atomic E-state index is -0.164. The van der Waals surface area contributed by atoms with Gasteiger partial charge in [-0.2, -0.15) is 0 Å². The van der Waals surface area contributed by atoms with E-state index in [4.69, 9.17) is 14.2 Å². The number of H-pyrrole nitrogens is 1. The van der Waals surface area contributed by atoms with Crippen LogP contribution in [-0.2, 0) is 20.7 Å². The zero-order valence-electron chi connectivity index (χ0n) is 16.7. The van der Waals surface area contributed by atoms with E-state index in [1.165, 1.54) is 23.8 Å². The number of carbonyl (C=O) groups is 1. The average Bonchev–Trinajstić information content (AvgIpc) is 3.10. The van der Waals surface area contributed by atoms with Crippen molar-refractivity contribution in [1.29, 1.82) is 0 Å². The number of rotatable bonds is 2. The van der Waals surface area contributed by atoms with Crippen molar-refractivity contribution in [1.82, 2.24) is 9.88 Å². The van der Waals surface area contributed by atoms with E-state index in [0.29, 0.717) is 24.5 Å². The Kier molecular flexibility index (Phi) is 4.36. The molecule has 4 heterocycles. The van der Waals surface area contributed by atoms with Gasteiger partial charge in [0.25, 0.3) is 0 Å². The molecule has 5 unspecified atom stereocenters. The van der Waals surface area contributed by atoms with Gasteiger partial charge in [0.05, 0.1) is 38.9 Å². The Morgan fingerprint density at radius 1 is 1.29 bits per heavy atom. The summed E-state index contributed by atoms with van der Waals surface area (Å²) in [4.78, 5) is 18.7. The number of hydrogen-bond donors (Lipinski definition) is 1. The highest BCUT2D eigenvalue weighted by molar-refractivity contribution is 5.86. The summed E-state index contributed by atoms with van der Waals surface area (Å²) in [5.41, 5.74) is 3.88. The van der Waals surface area contributed by atoms with Crippen LogP contribution in [0.1, 0.15) is 30.6 Å². The van der Waals surface area contributed by atoms with E-state index in [0.717, 1.165) is 37.2 Å². The third-order valence-electron chi connectivity index (χ3n) is 7.22. The van der Waals surface area contributed by atoms with E-state index in [-0.39, 0.29) is 18.0 Å². The number of fused-ring (bicyclic) bond motifs is 6. The lowest BCUT2D eigenvalue weighted by Crippen LogP contribution is -2.55. The Bertz CT molecular complexity index is 907. The topological polar surface area (TPSA) is 63.8 Å². The molecule has 6 nitrogen and oxygen atoms in total. The van der Waals surface area contributed by atoms with E-state index in [9.17, 15) is 4.79 Å². The van der Waals surface area contributed by atoms with Crippen LogP contribution in [0.15, 0.2) is 18.2 Å². The van der Waals surface area contributed by atoms with Gasteiger partial charge in [-0.25, -0.2) is 0 Å². The quantitative estimate of drug-likeness (QED) is 0.807. The Labute approximate surface area is 165 Å². The summed E-state index contributed by atoms with van der Waals surface area (Å²) in [6.07, 6.45) is 2.19. The van der Waals surface area contributed by atoms with Crippen molar-refractivity contribution in [3.8, 4) is 5.75 Å². The maximum Gasteiger partial charge on any atom is 0.311 e. The van der Waals surface area contributed by atoms with Crippen molar-refractivity contribution in [2.24, 2.45) is 17.8 Å². The van der Waals surface area contributed by atoms with E-state index in [1.807, 2.05) is 6.07 Å². The lowest BCUT2D eigenvalue weighted by Gasteiger charge is -2.51. The molecule has 6 heteroatoms. The Hall–Kier alpha value is -2.05. The Morgan fingerprint density at radius 2 is 2.14 bits per heavy atom. The second-order valence-electron chi connectivity index (χ2n) is 8.42. The van der Waals surface area contributed by atoms with Gasteiger partial charge in [-0.1, -0.05) is 0 Å². The van der Waals surface area contributed by atoms with Gasteiger partial charge in [0.1, 0.15) is 5.75 Å². The van der Waals surface area contributed by atoms with Crippen LogP contribution in [0.2, 0.25) is 0 Å². The van der Waals surface area contributed by atoms with Crippen LogP contribution >= 0.6 is 0 Å². The van der Waals surface area contributed by atoms with Gasteiger partial charge in [-0.05, 0) is 43.4 Å². The number of benzene rings is 1. The van der Waals surface area contributed by atoms with Crippen molar-refractivity contribution in [3.63, 3.8) is 0 Å². The van der Waals surface area contributed by atoms with Crippen LogP contribution in [0.4, 0.5) is 0 Å². The fraction of sp³-hybridized carbons (Fsp3) is 0.591. The predicted octanol–water partition coefficient (Wildman–Crippen LogP) is 2.92. The number of aromatic nitrogens is 1.